The van der Waals surface area contributed by atoms with Gasteiger partial charge in [-0.25, -0.2) is 9.00 Å². The van der Waals surface area contributed by atoms with E-state index in [1.165, 1.54) is 4.31 Å². The summed E-state index contributed by atoms with van der Waals surface area (Å²) in [5, 5.41) is 0. The number of rotatable bonds is 2. The van der Waals surface area contributed by atoms with Gasteiger partial charge in [-0.15, -0.1) is 0 Å². The second-order valence-electron chi connectivity index (χ2n) is 5.50. The van der Waals surface area contributed by atoms with E-state index in [1.54, 1.807) is 11.9 Å². The molecule has 18 heavy (non-hydrogen) atoms. The zero-order chi connectivity index (χ0) is 13.9. The lowest BCUT2D eigenvalue weighted by atomic mass is 10.1. The van der Waals surface area contributed by atoms with Gasteiger partial charge in [-0.2, -0.15) is 4.31 Å². The quantitative estimate of drug-likeness (QED) is 0.776. The molecule has 0 radical (unpaired) electrons. The Bertz CT molecular complexity index is 329. The van der Waals surface area contributed by atoms with Gasteiger partial charge in [0, 0.05) is 26.2 Å². The highest BCUT2D eigenvalue weighted by atomic mass is 32.2. The first-order valence-corrected chi connectivity index (χ1v) is 7.09. The fourth-order valence-electron chi connectivity index (χ4n) is 1.87. The summed E-state index contributed by atoms with van der Waals surface area (Å²) >= 11 is -2.00. The van der Waals surface area contributed by atoms with E-state index in [4.69, 9.17) is 9.29 Å². The largest absolute Gasteiger partial charge is 0.444 e. The molecular weight excluding hydrogens is 256 g/mol. The van der Waals surface area contributed by atoms with Crippen molar-refractivity contribution in [3.05, 3.63) is 0 Å². The van der Waals surface area contributed by atoms with Crippen molar-refractivity contribution in [1.82, 2.24) is 9.21 Å². The average molecular weight is 278 g/mol. The topological polar surface area (TPSA) is 70.1 Å². The van der Waals surface area contributed by atoms with Crippen molar-refractivity contribution in [2.75, 3.05) is 20.1 Å². The summed E-state index contributed by atoms with van der Waals surface area (Å²) in [6, 6.07) is -0.0999. The van der Waals surface area contributed by atoms with E-state index >= 15 is 0 Å². The Hall–Kier alpha value is -0.660. The van der Waals surface area contributed by atoms with Gasteiger partial charge < -0.3 is 9.64 Å². The Morgan fingerprint density at radius 2 is 2.11 bits per heavy atom. The lowest BCUT2D eigenvalue weighted by Gasteiger charge is -2.36. The lowest BCUT2D eigenvalue weighted by Crippen LogP contribution is -2.50. The number of hydrogen-bond donors (Lipinski definition) is 1. The molecular formula is C11H22N2O4S. The average Bonchev–Trinajstić information content (AvgIpc) is 2.25. The Balaban J connectivity index is 2.58. The van der Waals surface area contributed by atoms with Gasteiger partial charge in [0.2, 0.25) is 11.3 Å². The van der Waals surface area contributed by atoms with E-state index in [2.05, 4.69) is 0 Å². The van der Waals surface area contributed by atoms with Crippen molar-refractivity contribution < 1.29 is 18.3 Å². The first kappa shape index (κ1) is 15.4. The summed E-state index contributed by atoms with van der Waals surface area (Å²) in [6.45, 7) is 6.53. The number of carbonyl (C=O) groups excluding carboxylic acids is 1. The first-order chi connectivity index (χ1) is 8.20. The predicted molar refractivity (Wildman–Crippen MR) is 69.4 cm³/mol. The Morgan fingerprint density at radius 3 is 2.61 bits per heavy atom. The monoisotopic (exact) mass is 278 g/mol. The maximum Gasteiger partial charge on any atom is 0.410 e. The molecule has 1 saturated heterocycles. The Kier molecular flexibility index (Phi) is 5.12. The Labute approximate surface area is 111 Å². The minimum Gasteiger partial charge on any atom is -0.444 e. The van der Waals surface area contributed by atoms with Crippen LogP contribution in [0.4, 0.5) is 4.79 Å². The number of likely N-dealkylation sites (N-methyl/N-ethyl adjacent to an activating group) is 1. The molecule has 1 amide bonds. The maximum absolute atomic E-state index is 11.9. The van der Waals surface area contributed by atoms with Gasteiger partial charge in [0.25, 0.3) is 0 Å². The third-order valence-corrected chi connectivity index (χ3v) is 3.60. The van der Waals surface area contributed by atoms with E-state index in [9.17, 15) is 9.00 Å². The smallest absolute Gasteiger partial charge is 0.410 e. The molecule has 2 atom stereocenters. The van der Waals surface area contributed by atoms with Crippen molar-refractivity contribution in [2.45, 2.75) is 45.3 Å². The van der Waals surface area contributed by atoms with Gasteiger partial charge in [0.15, 0.2) is 0 Å². The lowest BCUT2D eigenvalue weighted by molar-refractivity contribution is 0.0162. The van der Waals surface area contributed by atoms with E-state index in [0.29, 0.717) is 13.1 Å². The molecule has 7 heteroatoms. The van der Waals surface area contributed by atoms with Gasteiger partial charge >= 0.3 is 6.09 Å². The molecule has 0 spiro atoms. The van der Waals surface area contributed by atoms with Crippen LogP contribution in [-0.2, 0) is 16.0 Å². The molecule has 6 nitrogen and oxygen atoms in total. The molecule has 1 heterocycles. The van der Waals surface area contributed by atoms with Crippen molar-refractivity contribution in [3.8, 4) is 0 Å². The molecule has 0 saturated carbocycles. The summed E-state index contributed by atoms with van der Waals surface area (Å²) in [5.74, 6) is 0. The molecule has 1 rings (SSSR count). The maximum atomic E-state index is 11.9. The van der Waals surface area contributed by atoms with E-state index in [0.717, 1.165) is 12.8 Å². The van der Waals surface area contributed by atoms with Crippen molar-refractivity contribution in [1.29, 1.82) is 0 Å². The predicted octanol–water partition coefficient (Wildman–Crippen LogP) is 1.45. The molecule has 0 aromatic rings. The molecule has 106 valence electrons. The van der Waals surface area contributed by atoms with Crippen LogP contribution in [0.15, 0.2) is 0 Å². The Morgan fingerprint density at radius 1 is 1.50 bits per heavy atom. The molecule has 1 aliphatic rings. The van der Waals surface area contributed by atoms with Gasteiger partial charge in [0.05, 0.1) is 0 Å². The standard InChI is InChI=1S/C11H22N2O4S/c1-11(2,3)17-10(14)13-7-5-6-9(8-13)12(4)18(15)16/h9H,5-8H2,1-4H3,(H,15,16). The second kappa shape index (κ2) is 5.99. The molecule has 0 aromatic heterocycles. The van der Waals surface area contributed by atoms with Crippen molar-refractivity contribution in [2.24, 2.45) is 0 Å². The minimum absolute atomic E-state index is 0.0999. The van der Waals surface area contributed by atoms with Crippen LogP contribution in [-0.4, -0.2) is 55.8 Å². The summed E-state index contributed by atoms with van der Waals surface area (Å²) in [7, 11) is 1.58. The minimum atomic E-state index is -2.00. The number of amides is 1. The van der Waals surface area contributed by atoms with E-state index in [1.807, 2.05) is 20.8 Å². The molecule has 0 bridgehead atoms. The summed E-state index contributed by atoms with van der Waals surface area (Å²) in [4.78, 5) is 13.5. The molecule has 0 aromatic carbocycles. The zero-order valence-electron chi connectivity index (χ0n) is 11.4. The van der Waals surface area contributed by atoms with Crippen molar-refractivity contribution in [3.63, 3.8) is 0 Å². The number of piperidine rings is 1. The highest BCUT2D eigenvalue weighted by molar-refractivity contribution is 7.76. The van der Waals surface area contributed by atoms with E-state index < -0.39 is 16.9 Å². The number of nitrogens with zero attached hydrogens (tertiary/aromatic N) is 2. The van der Waals surface area contributed by atoms with Crippen LogP contribution in [0.2, 0.25) is 0 Å². The van der Waals surface area contributed by atoms with Crippen LogP contribution in [0.1, 0.15) is 33.6 Å². The molecule has 1 fully saturated rings. The van der Waals surface area contributed by atoms with Crippen molar-refractivity contribution >= 4 is 17.4 Å². The number of hydrogen-bond acceptors (Lipinski definition) is 3. The van der Waals surface area contributed by atoms with Gasteiger partial charge in [0.1, 0.15) is 5.60 Å². The first-order valence-electron chi connectivity index (χ1n) is 6.02. The second-order valence-corrected chi connectivity index (χ2v) is 6.54. The van der Waals surface area contributed by atoms with Gasteiger partial charge in [-0.05, 0) is 33.6 Å². The summed E-state index contributed by atoms with van der Waals surface area (Å²) in [6.07, 6.45) is 1.26. The van der Waals surface area contributed by atoms with Crippen LogP contribution in [0.5, 0.6) is 0 Å². The number of ether oxygens (including phenoxy) is 1. The van der Waals surface area contributed by atoms with Crippen LogP contribution in [0, 0.1) is 0 Å². The van der Waals surface area contributed by atoms with E-state index in [-0.39, 0.29) is 12.1 Å². The third-order valence-electron chi connectivity index (χ3n) is 2.81. The third kappa shape index (κ3) is 4.55. The van der Waals surface area contributed by atoms with Crippen LogP contribution in [0.3, 0.4) is 0 Å². The highest BCUT2D eigenvalue weighted by Gasteiger charge is 2.30. The van der Waals surface area contributed by atoms with Gasteiger partial charge in [-0.1, -0.05) is 0 Å². The highest BCUT2D eigenvalue weighted by Crippen LogP contribution is 2.18. The van der Waals surface area contributed by atoms with Gasteiger partial charge in [-0.3, -0.25) is 4.55 Å². The summed E-state index contributed by atoms with van der Waals surface area (Å²) in [5.41, 5.74) is -0.518. The summed E-state index contributed by atoms with van der Waals surface area (Å²) < 4.78 is 26.7. The fraction of sp³-hybridized carbons (Fsp3) is 0.909. The van der Waals surface area contributed by atoms with Crippen LogP contribution in [0.25, 0.3) is 0 Å². The molecule has 1 aliphatic heterocycles. The fourth-order valence-corrected chi connectivity index (χ4v) is 2.30. The number of likely N-dealkylation sites (tertiary alicyclic amines) is 1. The zero-order valence-corrected chi connectivity index (χ0v) is 12.2. The molecule has 0 aliphatic carbocycles. The molecule has 2 unspecified atom stereocenters. The number of carbonyl (C=O) groups is 1. The van der Waals surface area contributed by atoms with Crippen LogP contribution < -0.4 is 0 Å². The van der Waals surface area contributed by atoms with Crippen LogP contribution >= 0.6 is 0 Å². The SMILES string of the molecule is CN(C1CCCN(C(=O)OC(C)(C)C)C1)S(=O)O. The molecule has 1 N–H and O–H groups in total. The normalized spacial score (nSPS) is 23.0.